The van der Waals surface area contributed by atoms with Gasteiger partial charge in [0.25, 0.3) is 0 Å². The Labute approximate surface area is 89.8 Å². The summed E-state index contributed by atoms with van der Waals surface area (Å²) in [6.45, 7) is 0. The maximum atomic E-state index is 13.5. The molecule has 76 valence electrons. The van der Waals surface area contributed by atoms with E-state index in [-0.39, 0.29) is 0 Å². The first-order chi connectivity index (χ1) is 6.57. The van der Waals surface area contributed by atoms with Crippen molar-refractivity contribution in [3.63, 3.8) is 0 Å². The first kappa shape index (κ1) is 9.93. The van der Waals surface area contributed by atoms with Crippen molar-refractivity contribution in [2.75, 3.05) is 7.11 Å². The molecule has 0 amide bonds. The van der Waals surface area contributed by atoms with Crippen molar-refractivity contribution in [2.24, 2.45) is 0 Å². The van der Waals surface area contributed by atoms with E-state index in [0.29, 0.717) is 28.6 Å². The second kappa shape index (κ2) is 3.21. The van der Waals surface area contributed by atoms with E-state index in [1.165, 1.54) is 13.2 Å². The number of methoxy groups -OCH3 is 1. The van der Waals surface area contributed by atoms with Crippen LogP contribution in [0.2, 0.25) is 0 Å². The van der Waals surface area contributed by atoms with Gasteiger partial charge in [0.1, 0.15) is 11.6 Å². The number of halogens is 2. The third-order valence-electron chi connectivity index (χ3n) is 2.47. The van der Waals surface area contributed by atoms with Crippen LogP contribution in [0.5, 0.6) is 5.75 Å². The molecular formula is C10H10BrFO2. The second-order valence-electron chi connectivity index (χ2n) is 3.50. The summed E-state index contributed by atoms with van der Waals surface area (Å²) in [7, 11) is 1.51. The molecule has 0 aliphatic heterocycles. The van der Waals surface area contributed by atoms with E-state index in [1.54, 1.807) is 6.07 Å². The van der Waals surface area contributed by atoms with Gasteiger partial charge in [0.15, 0.2) is 0 Å². The van der Waals surface area contributed by atoms with E-state index in [0.717, 1.165) is 0 Å². The monoisotopic (exact) mass is 260 g/mol. The van der Waals surface area contributed by atoms with Crippen LogP contribution in [0, 0.1) is 5.82 Å². The highest BCUT2D eigenvalue weighted by molar-refractivity contribution is 9.10. The Balaban J connectivity index is 2.50. The summed E-state index contributed by atoms with van der Waals surface area (Å²) in [5.41, 5.74) is -0.629. The number of rotatable bonds is 2. The molecule has 0 bridgehead atoms. The minimum Gasteiger partial charge on any atom is -0.496 e. The van der Waals surface area contributed by atoms with Gasteiger partial charge in [-0.2, -0.15) is 0 Å². The first-order valence-corrected chi connectivity index (χ1v) is 5.12. The third kappa shape index (κ3) is 1.53. The zero-order chi connectivity index (χ0) is 10.3. The van der Waals surface area contributed by atoms with Gasteiger partial charge in [0, 0.05) is 5.56 Å². The molecule has 0 aromatic heterocycles. The molecule has 1 N–H and O–H groups in total. The standard InChI is InChI=1S/C10H10BrFO2/c1-14-9-4-6(10(13)2-3-10)8(12)5-7(9)11/h4-5,13H,2-3H2,1H3. The zero-order valence-electron chi connectivity index (χ0n) is 7.68. The molecule has 1 fully saturated rings. The number of hydrogen-bond acceptors (Lipinski definition) is 2. The highest BCUT2D eigenvalue weighted by atomic mass is 79.9. The minimum absolute atomic E-state index is 0.331. The van der Waals surface area contributed by atoms with E-state index < -0.39 is 11.4 Å². The topological polar surface area (TPSA) is 29.5 Å². The predicted molar refractivity (Wildman–Crippen MR) is 53.8 cm³/mol. The summed E-state index contributed by atoms with van der Waals surface area (Å²) in [6, 6.07) is 2.87. The molecule has 1 saturated carbocycles. The van der Waals surface area contributed by atoms with Crippen LogP contribution in [0.4, 0.5) is 4.39 Å². The van der Waals surface area contributed by atoms with E-state index in [9.17, 15) is 9.50 Å². The lowest BCUT2D eigenvalue weighted by molar-refractivity contribution is 0.146. The largest absolute Gasteiger partial charge is 0.496 e. The van der Waals surface area contributed by atoms with Gasteiger partial charge in [0.05, 0.1) is 17.2 Å². The van der Waals surface area contributed by atoms with Crippen molar-refractivity contribution in [2.45, 2.75) is 18.4 Å². The fraction of sp³-hybridized carbons (Fsp3) is 0.400. The average Bonchev–Trinajstić information content (AvgIpc) is 2.85. The molecule has 1 aromatic rings. The smallest absolute Gasteiger partial charge is 0.133 e. The lowest BCUT2D eigenvalue weighted by atomic mass is 10.1. The molecule has 1 aliphatic carbocycles. The van der Waals surface area contributed by atoms with Gasteiger partial charge in [-0.1, -0.05) is 0 Å². The molecule has 1 aliphatic rings. The van der Waals surface area contributed by atoms with Gasteiger partial charge in [-0.15, -0.1) is 0 Å². The second-order valence-corrected chi connectivity index (χ2v) is 4.35. The molecule has 4 heteroatoms. The van der Waals surface area contributed by atoms with Gasteiger partial charge < -0.3 is 9.84 Å². The van der Waals surface area contributed by atoms with E-state index in [2.05, 4.69) is 15.9 Å². The van der Waals surface area contributed by atoms with Crippen LogP contribution in [-0.2, 0) is 5.60 Å². The highest BCUT2D eigenvalue weighted by Gasteiger charge is 2.44. The summed E-state index contributed by atoms with van der Waals surface area (Å²) >= 11 is 3.18. The van der Waals surface area contributed by atoms with Crippen LogP contribution in [-0.4, -0.2) is 12.2 Å². The van der Waals surface area contributed by atoms with Crippen molar-refractivity contribution < 1.29 is 14.2 Å². The van der Waals surface area contributed by atoms with Gasteiger partial charge >= 0.3 is 0 Å². The van der Waals surface area contributed by atoms with Gasteiger partial charge in [-0.3, -0.25) is 0 Å². The fourth-order valence-electron chi connectivity index (χ4n) is 1.43. The van der Waals surface area contributed by atoms with Crippen LogP contribution in [0.1, 0.15) is 18.4 Å². The molecule has 0 spiro atoms. The molecule has 0 radical (unpaired) electrons. The normalized spacial score (nSPS) is 18.0. The quantitative estimate of drug-likeness (QED) is 0.886. The average molecular weight is 261 g/mol. The van der Waals surface area contributed by atoms with Crippen LogP contribution >= 0.6 is 15.9 Å². The van der Waals surface area contributed by atoms with Crippen molar-refractivity contribution in [1.82, 2.24) is 0 Å². The maximum Gasteiger partial charge on any atom is 0.133 e. The molecule has 2 nitrogen and oxygen atoms in total. The Morgan fingerprint density at radius 3 is 2.64 bits per heavy atom. The lowest BCUT2D eigenvalue weighted by Crippen LogP contribution is -2.07. The van der Waals surface area contributed by atoms with Crippen LogP contribution in [0.25, 0.3) is 0 Å². The van der Waals surface area contributed by atoms with Gasteiger partial charge in [-0.25, -0.2) is 4.39 Å². The van der Waals surface area contributed by atoms with E-state index >= 15 is 0 Å². The number of hydrogen-bond donors (Lipinski definition) is 1. The van der Waals surface area contributed by atoms with Crippen molar-refractivity contribution in [3.05, 3.63) is 28.0 Å². The Kier molecular flexibility index (Phi) is 2.27. The molecule has 2 rings (SSSR count). The first-order valence-electron chi connectivity index (χ1n) is 4.33. The molecule has 0 atom stereocenters. The Bertz CT molecular complexity index is 375. The van der Waals surface area contributed by atoms with Crippen molar-refractivity contribution in [1.29, 1.82) is 0 Å². The zero-order valence-corrected chi connectivity index (χ0v) is 9.27. The van der Waals surface area contributed by atoms with Crippen LogP contribution < -0.4 is 4.74 Å². The molecule has 0 heterocycles. The van der Waals surface area contributed by atoms with Crippen molar-refractivity contribution in [3.8, 4) is 5.75 Å². The summed E-state index contributed by atoms with van der Waals surface area (Å²) in [6.07, 6.45) is 1.24. The maximum absolute atomic E-state index is 13.5. The highest BCUT2D eigenvalue weighted by Crippen LogP contribution is 2.48. The number of ether oxygens (including phenoxy) is 1. The fourth-order valence-corrected chi connectivity index (χ4v) is 1.91. The summed E-state index contributed by atoms with van der Waals surface area (Å²) in [4.78, 5) is 0. The van der Waals surface area contributed by atoms with E-state index in [1.807, 2.05) is 0 Å². The Hall–Kier alpha value is -0.610. The summed E-state index contributed by atoms with van der Waals surface area (Å²) in [5.74, 6) is 0.152. The molecule has 1 aromatic carbocycles. The van der Waals surface area contributed by atoms with Gasteiger partial charge in [-0.05, 0) is 40.9 Å². The third-order valence-corrected chi connectivity index (χ3v) is 3.09. The molecule has 0 saturated heterocycles. The molecule has 0 unspecified atom stereocenters. The Morgan fingerprint density at radius 1 is 1.50 bits per heavy atom. The molecule has 14 heavy (non-hydrogen) atoms. The van der Waals surface area contributed by atoms with Crippen molar-refractivity contribution >= 4 is 15.9 Å². The Morgan fingerprint density at radius 2 is 2.14 bits per heavy atom. The predicted octanol–water partition coefficient (Wildman–Crippen LogP) is 2.58. The minimum atomic E-state index is -0.960. The van der Waals surface area contributed by atoms with Gasteiger partial charge in [0.2, 0.25) is 0 Å². The van der Waals surface area contributed by atoms with E-state index in [4.69, 9.17) is 4.74 Å². The molecular weight excluding hydrogens is 251 g/mol. The van der Waals surface area contributed by atoms with Crippen LogP contribution in [0.15, 0.2) is 16.6 Å². The number of benzene rings is 1. The number of aliphatic hydroxyl groups is 1. The van der Waals surface area contributed by atoms with Crippen LogP contribution in [0.3, 0.4) is 0 Å². The summed E-state index contributed by atoms with van der Waals surface area (Å²) < 4.78 is 19.1. The summed E-state index contributed by atoms with van der Waals surface area (Å²) in [5, 5.41) is 9.78. The lowest BCUT2D eigenvalue weighted by Gasteiger charge is -2.12. The SMILES string of the molecule is COc1cc(C2(O)CC2)c(F)cc1Br.